The van der Waals surface area contributed by atoms with Gasteiger partial charge in [0.25, 0.3) is 0 Å². The van der Waals surface area contributed by atoms with Crippen molar-refractivity contribution in [2.45, 2.75) is 13.1 Å². The third kappa shape index (κ3) is 3.90. The fourth-order valence-corrected chi connectivity index (χ4v) is 2.11. The minimum absolute atomic E-state index is 0.0288. The molecule has 22 heavy (non-hydrogen) atoms. The van der Waals surface area contributed by atoms with Crippen LogP contribution in [0.4, 0.5) is 19.0 Å². The Labute approximate surface area is 134 Å². The van der Waals surface area contributed by atoms with Gasteiger partial charge in [-0.3, -0.25) is 5.43 Å². The van der Waals surface area contributed by atoms with E-state index in [1.807, 2.05) is 0 Å². The van der Waals surface area contributed by atoms with E-state index in [9.17, 15) is 13.2 Å². The number of aromatic nitrogens is 1. The SMILES string of the molecule is C/C(=N\Nc1ncc(C(F)(F)F)cc1Cl)c1ccccc1Cl. The Morgan fingerprint density at radius 3 is 2.45 bits per heavy atom. The van der Waals surface area contributed by atoms with Gasteiger partial charge in [0.1, 0.15) is 0 Å². The third-order valence-electron chi connectivity index (χ3n) is 2.76. The highest BCUT2D eigenvalue weighted by Crippen LogP contribution is 2.32. The van der Waals surface area contributed by atoms with Crippen LogP contribution in [0.1, 0.15) is 18.1 Å². The van der Waals surface area contributed by atoms with Crippen LogP contribution in [0.3, 0.4) is 0 Å². The number of nitrogens with one attached hydrogen (secondary N) is 1. The zero-order valence-corrected chi connectivity index (χ0v) is 12.8. The summed E-state index contributed by atoms with van der Waals surface area (Å²) in [6.45, 7) is 1.70. The molecule has 1 N–H and O–H groups in total. The highest BCUT2D eigenvalue weighted by molar-refractivity contribution is 6.34. The van der Waals surface area contributed by atoms with E-state index in [0.29, 0.717) is 22.5 Å². The third-order valence-corrected chi connectivity index (χ3v) is 3.38. The molecule has 8 heteroatoms. The lowest BCUT2D eigenvalue weighted by Gasteiger charge is -2.09. The minimum atomic E-state index is -4.49. The summed E-state index contributed by atoms with van der Waals surface area (Å²) in [7, 11) is 0. The lowest BCUT2D eigenvalue weighted by atomic mass is 10.1. The van der Waals surface area contributed by atoms with Crippen LogP contribution in [0.2, 0.25) is 10.0 Å². The van der Waals surface area contributed by atoms with Gasteiger partial charge in [-0.05, 0) is 19.1 Å². The van der Waals surface area contributed by atoms with Crippen LogP contribution in [0, 0.1) is 0 Å². The van der Waals surface area contributed by atoms with Crippen molar-refractivity contribution in [2.75, 3.05) is 5.43 Å². The van der Waals surface area contributed by atoms with Crippen LogP contribution in [-0.4, -0.2) is 10.7 Å². The predicted molar refractivity (Wildman–Crippen MR) is 81.5 cm³/mol. The van der Waals surface area contributed by atoms with E-state index in [2.05, 4.69) is 15.5 Å². The van der Waals surface area contributed by atoms with Crippen molar-refractivity contribution in [2.24, 2.45) is 5.10 Å². The van der Waals surface area contributed by atoms with Crippen molar-refractivity contribution < 1.29 is 13.2 Å². The lowest BCUT2D eigenvalue weighted by Crippen LogP contribution is -2.07. The molecule has 1 heterocycles. The molecule has 1 aromatic heterocycles. The fourth-order valence-electron chi connectivity index (χ4n) is 1.63. The highest BCUT2D eigenvalue weighted by Gasteiger charge is 2.31. The Balaban J connectivity index is 2.21. The van der Waals surface area contributed by atoms with Gasteiger partial charge in [0.2, 0.25) is 0 Å². The van der Waals surface area contributed by atoms with Crippen molar-refractivity contribution in [1.29, 1.82) is 0 Å². The Bertz CT molecular complexity index is 715. The largest absolute Gasteiger partial charge is 0.417 e. The van der Waals surface area contributed by atoms with E-state index in [1.54, 1.807) is 31.2 Å². The molecular weight excluding hydrogens is 338 g/mol. The zero-order valence-electron chi connectivity index (χ0n) is 11.2. The number of anilines is 1. The first kappa shape index (κ1) is 16.6. The number of rotatable bonds is 3. The van der Waals surface area contributed by atoms with E-state index < -0.39 is 11.7 Å². The molecule has 0 fully saturated rings. The predicted octanol–water partition coefficient (Wildman–Crippen LogP) is 5.24. The van der Waals surface area contributed by atoms with Gasteiger partial charge in [-0.25, -0.2) is 4.98 Å². The summed E-state index contributed by atoms with van der Waals surface area (Å²) in [5.74, 6) is 0.0288. The average Bonchev–Trinajstić information content (AvgIpc) is 2.45. The molecule has 0 aliphatic rings. The van der Waals surface area contributed by atoms with Gasteiger partial charge in [-0.15, -0.1) is 0 Å². The Kier molecular flexibility index (Phi) is 4.93. The molecule has 0 aliphatic carbocycles. The molecule has 0 saturated heterocycles. The van der Waals surface area contributed by atoms with Crippen molar-refractivity contribution in [3.05, 3.63) is 57.7 Å². The zero-order chi connectivity index (χ0) is 16.3. The van der Waals surface area contributed by atoms with Gasteiger partial charge in [0.05, 0.1) is 16.3 Å². The average molecular weight is 348 g/mol. The number of pyridine rings is 1. The molecule has 0 radical (unpaired) electrons. The van der Waals surface area contributed by atoms with Crippen LogP contribution < -0.4 is 5.43 Å². The molecule has 2 rings (SSSR count). The van der Waals surface area contributed by atoms with E-state index in [4.69, 9.17) is 23.2 Å². The summed E-state index contributed by atoms with van der Waals surface area (Å²) in [6.07, 6.45) is -3.81. The molecule has 116 valence electrons. The van der Waals surface area contributed by atoms with E-state index >= 15 is 0 Å². The van der Waals surface area contributed by atoms with E-state index in [1.165, 1.54) is 0 Å². The van der Waals surface area contributed by atoms with Crippen LogP contribution in [-0.2, 0) is 6.18 Å². The minimum Gasteiger partial charge on any atom is -0.260 e. The van der Waals surface area contributed by atoms with Gasteiger partial charge in [0.15, 0.2) is 5.82 Å². The van der Waals surface area contributed by atoms with Crippen molar-refractivity contribution in [3.63, 3.8) is 0 Å². The van der Waals surface area contributed by atoms with Crippen molar-refractivity contribution in [3.8, 4) is 0 Å². The molecule has 3 nitrogen and oxygen atoms in total. The van der Waals surface area contributed by atoms with Gasteiger partial charge >= 0.3 is 6.18 Å². The Morgan fingerprint density at radius 2 is 1.86 bits per heavy atom. The molecule has 0 bridgehead atoms. The van der Waals surface area contributed by atoms with E-state index in [-0.39, 0.29) is 10.8 Å². The topological polar surface area (TPSA) is 37.3 Å². The molecular formula is C14H10Cl2F3N3. The molecule has 0 saturated carbocycles. The maximum absolute atomic E-state index is 12.5. The Morgan fingerprint density at radius 1 is 1.18 bits per heavy atom. The number of hydrazone groups is 1. The second kappa shape index (κ2) is 6.54. The maximum Gasteiger partial charge on any atom is 0.417 e. The summed E-state index contributed by atoms with van der Waals surface area (Å²) in [5, 5.41) is 4.37. The summed E-state index contributed by atoms with van der Waals surface area (Å²) in [5.41, 5.74) is 2.85. The number of halogens is 5. The normalized spacial score (nSPS) is 12.4. The smallest absolute Gasteiger partial charge is 0.260 e. The van der Waals surface area contributed by atoms with Crippen LogP contribution in [0.5, 0.6) is 0 Å². The maximum atomic E-state index is 12.5. The van der Waals surface area contributed by atoms with Crippen molar-refractivity contribution >= 4 is 34.7 Å². The molecule has 0 atom stereocenters. The van der Waals surface area contributed by atoms with Gasteiger partial charge in [0, 0.05) is 16.8 Å². The standard InChI is InChI=1S/C14H10Cl2F3N3/c1-8(10-4-2-3-5-11(10)15)21-22-13-12(16)6-9(7-20-13)14(17,18)19/h2-7H,1H3,(H,20,22)/b21-8+. The number of hydrogen-bond acceptors (Lipinski definition) is 3. The molecule has 0 amide bonds. The summed E-state index contributed by atoms with van der Waals surface area (Å²) < 4.78 is 37.6. The second-order valence-corrected chi connectivity index (χ2v) is 5.16. The highest BCUT2D eigenvalue weighted by atomic mass is 35.5. The second-order valence-electron chi connectivity index (χ2n) is 4.34. The summed E-state index contributed by atoms with van der Waals surface area (Å²) >= 11 is 11.8. The molecule has 0 spiro atoms. The van der Waals surface area contributed by atoms with Gasteiger partial charge in [-0.1, -0.05) is 41.4 Å². The van der Waals surface area contributed by atoms with Crippen molar-refractivity contribution in [1.82, 2.24) is 4.98 Å². The monoisotopic (exact) mass is 347 g/mol. The first-order chi connectivity index (χ1) is 10.3. The number of hydrogen-bond donors (Lipinski definition) is 1. The molecule has 0 aliphatic heterocycles. The van der Waals surface area contributed by atoms with E-state index in [0.717, 1.165) is 6.07 Å². The Hall–Kier alpha value is -1.79. The molecule has 0 unspecified atom stereocenters. The lowest BCUT2D eigenvalue weighted by molar-refractivity contribution is -0.137. The summed E-state index contributed by atoms with van der Waals surface area (Å²) in [4.78, 5) is 3.63. The number of alkyl halides is 3. The quantitative estimate of drug-likeness (QED) is 0.608. The number of nitrogens with zero attached hydrogens (tertiary/aromatic N) is 2. The first-order valence-corrected chi connectivity index (χ1v) is 6.82. The van der Waals surface area contributed by atoms with Gasteiger partial charge in [-0.2, -0.15) is 18.3 Å². The van der Waals surface area contributed by atoms with Crippen LogP contribution in [0.25, 0.3) is 0 Å². The van der Waals surface area contributed by atoms with Crippen LogP contribution in [0.15, 0.2) is 41.6 Å². The summed E-state index contributed by atoms with van der Waals surface area (Å²) in [6, 6.07) is 7.84. The van der Waals surface area contributed by atoms with Gasteiger partial charge < -0.3 is 0 Å². The number of benzene rings is 1. The van der Waals surface area contributed by atoms with Crippen LogP contribution >= 0.6 is 23.2 Å². The molecule has 2 aromatic rings. The molecule has 1 aromatic carbocycles. The first-order valence-electron chi connectivity index (χ1n) is 6.07. The fraction of sp³-hybridized carbons (Fsp3) is 0.143.